The number of nitrogens with two attached hydrogens (primary N) is 1. The highest BCUT2D eigenvalue weighted by Crippen LogP contribution is 2.15. The van der Waals surface area contributed by atoms with E-state index in [9.17, 15) is 9.18 Å². The molecule has 0 aliphatic heterocycles. The van der Waals surface area contributed by atoms with E-state index >= 15 is 0 Å². The summed E-state index contributed by atoms with van der Waals surface area (Å²) >= 11 is 0. The molecule has 0 aromatic heterocycles. The van der Waals surface area contributed by atoms with Gasteiger partial charge in [-0.1, -0.05) is 0 Å². The molecule has 0 bridgehead atoms. The molecule has 68 valence electrons. The van der Waals surface area contributed by atoms with Crippen molar-refractivity contribution in [2.24, 2.45) is 5.73 Å². The summed E-state index contributed by atoms with van der Waals surface area (Å²) in [6, 6.07) is 3.63. The van der Waals surface area contributed by atoms with E-state index in [0.29, 0.717) is 0 Å². The molecule has 0 saturated carbocycles. The van der Waals surface area contributed by atoms with Crippen LogP contribution in [0.5, 0.6) is 5.75 Å². The van der Waals surface area contributed by atoms with E-state index in [1.165, 1.54) is 18.2 Å². The molecule has 0 heterocycles. The van der Waals surface area contributed by atoms with Crippen LogP contribution in [0.3, 0.4) is 0 Å². The number of rotatable bonds is 2. The summed E-state index contributed by atoms with van der Waals surface area (Å²) in [5.41, 5.74) is 5.03. The predicted molar refractivity (Wildman–Crippen MR) is 46.3 cm³/mol. The van der Waals surface area contributed by atoms with Gasteiger partial charge in [-0.05, 0) is 18.2 Å². The molecule has 3 nitrogen and oxygen atoms in total. The summed E-state index contributed by atoms with van der Waals surface area (Å²) in [7, 11) is 0. The molecule has 0 radical (unpaired) electrons. The summed E-state index contributed by atoms with van der Waals surface area (Å²) in [6.45, 7) is 0. The van der Waals surface area contributed by atoms with Crippen LogP contribution < -0.4 is 5.73 Å². The Balaban J connectivity index is 2.96. The number of primary amides is 1. The first-order valence-electron chi connectivity index (χ1n) is 3.55. The quantitative estimate of drug-likeness (QED) is 0.669. The van der Waals surface area contributed by atoms with Crippen LogP contribution in [0.15, 0.2) is 24.3 Å². The van der Waals surface area contributed by atoms with Gasteiger partial charge in [0.15, 0.2) is 0 Å². The minimum Gasteiger partial charge on any atom is -0.508 e. The van der Waals surface area contributed by atoms with Gasteiger partial charge < -0.3 is 10.8 Å². The maximum Gasteiger partial charge on any atom is 0.241 e. The number of hydrogen-bond acceptors (Lipinski definition) is 2. The molecular formula is C9H8FNO2. The van der Waals surface area contributed by atoms with E-state index in [4.69, 9.17) is 10.8 Å². The van der Waals surface area contributed by atoms with Gasteiger partial charge in [0.25, 0.3) is 0 Å². The van der Waals surface area contributed by atoms with E-state index in [-0.39, 0.29) is 11.3 Å². The van der Waals surface area contributed by atoms with Crippen LogP contribution in [-0.2, 0) is 4.79 Å². The van der Waals surface area contributed by atoms with Crippen LogP contribution in [0, 0.1) is 5.82 Å². The second-order valence-corrected chi connectivity index (χ2v) is 2.44. The van der Waals surface area contributed by atoms with Crippen molar-refractivity contribution in [3.8, 4) is 5.75 Å². The number of halogens is 1. The maximum atomic E-state index is 12.9. The zero-order valence-electron chi connectivity index (χ0n) is 6.70. The number of phenols is 1. The Morgan fingerprint density at radius 3 is 2.77 bits per heavy atom. The van der Waals surface area contributed by atoms with Crippen molar-refractivity contribution in [3.05, 3.63) is 35.7 Å². The fourth-order valence-corrected chi connectivity index (χ4v) is 0.823. The average molecular weight is 181 g/mol. The minimum absolute atomic E-state index is 0.159. The Morgan fingerprint density at radius 2 is 2.23 bits per heavy atom. The van der Waals surface area contributed by atoms with Crippen LogP contribution in [0.25, 0.3) is 6.08 Å². The number of amides is 1. The molecule has 0 saturated heterocycles. The van der Waals surface area contributed by atoms with E-state index in [1.807, 2.05) is 0 Å². The zero-order valence-corrected chi connectivity index (χ0v) is 6.70. The lowest BCUT2D eigenvalue weighted by Gasteiger charge is -1.96. The van der Waals surface area contributed by atoms with Crippen molar-refractivity contribution in [2.45, 2.75) is 0 Å². The molecule has 1 aromatic carbocycles. The molecule has 0 fully saturated rings. The summed E-state index contributed by atoms with van der Waals surface area (Å²) in [6.07, 6.45) is 2.30. The first-order valence-corrected chi connectivity index (χ1v) is 3.55. The average Bonchev–Trinajstić information content (AvgIpc) is 2.02. The lowest BCUT2D eigenvalue weighted by Crippen LogP contribution is -2.05. The van der Waals surface area contributed by atoms with E-state index in [2.05, 4.69) is 0 Å². The van der Waals surface area contributed by atoms with E-state index in [1.54, 1.807) is 0 Å². The number of phenolic OH excluding ortho intramolecular Hbond substituents is 1. The Bertz CT molecular complexity index is 361. The number of carbonyl (C=O) groups excluding carboxylic acids is 1. The van der Waals surface area contributed by atoms with E-state index in [0.717, 1.165) is 12.1 Å². The van der Waals surface area contributed by atoms with Gasteiger partial charge in [-0.3, -0.25) is 4.79 Å². The highest BCUT2D eigenvalue weighted by Gasteiger charge is 1.99. The number of benzene rings is 1. The first kappa shape index (κ1) is 9.25. The monoisotopic (exact) mass is 181 g/mol. The van der Waals surface area contributed by atoms with Crippen LogP contribution in [-0.4, -0.2) is 11.0 Å². The number of aromatic hydroxyl groups is 1. The van der Waals surface area contributed by atoms with Gasteiger partial charge in [-0.25, -0.2) is 4.39 Å². The van der Waals surface area contributed by atoms with Crippen molar-refractivity contribution in [3.63, 3.8) is 0 Å². The van der Waals surface area contributed by atoms with Gasteiger partial charge in [-0.2, -0.15) is 0 Å². The fraction of sp³-hybridized carbons (Fsp3) is 0. The van der Waals surface area contributed by atoms with Crippen molar-refractivity contribution >= 4 is 12.0 Å². The third-order valence-corrected chi connectivity index (χ3v) is 1.41. The molecule has 0 unspecified atom stereocenters. The molecule has 0 atom stereocenters. The van der Waals surface area contributed by atoms with E-state index < -0.39 is 11.7 Å². The first-order chi connectivity index (χ1) is 6.09. The lowest BCUT2D eigenvalue weighted by atomic mass is 10.2. The van der Waals surface area contributed by atoms with Crippen molar-refractivity contribution < 1.29 is 14.3 Å². The fourth-order valence-electron chi connectivity index (χ4n) is 0.823. The van der Waals surface area contributed by atoms with Crippen LogP contribution in [0.2, 0.25) is 0 Å². The largest absolute Gasteiger partial charge is 0.508 e. The second-order valence-electron chi connectivity index (χ2n) is 2.44. The third kappa shape index (κ3) is 2.59. The molecule has 1 rings (SSSR count). The smallest absolute Gasteiger partial charge is 0.241 e. The van der Waals surface area contributed by atoms with Crippen LogP contribution >= 0.6 is 0 Å². The zero-order chi connectivity index (χ0) is 9.84. The lowest BCUT2D eigenvalue weighted by molar-refractivity contribution is -0.113. The van der Waals surface area contributed by atoms with Gasteiger partial charge in [0.05, 0.1) is 0 Å². The number of hydrogen-bond donors (Lipinski definition) is 2. The molecule has 0 spiro atoms. The van der Waals surface area contributed by atoms with Crippen LogP contribution in [0.1, 0.15) is 5.56 Å². The molecule has 1 aromatic rings. The van der Waals surface area contributed by atoms with Crippen molar-refractivity contribution in [1.29, 1.82) is 0 Å². The standard InChI is InChI=1S/C9H8FNO2/c10-8-5-7(12)3-1-6(8)2-4-9(11)13/h1-5,12H,(H2,11,13)/b4-2+. The normalized spacial score (nSPS) is 10.5. The summed E-state index contributed by atoms with van der Waals surface area (Å²) in [4.78, 5) is 10.3. The summed E-state index contributed by atoms with van der Waals surface area (Å²) < 4.78 is 12.9. The highest BCUT2D eigenvalue weighted by atomic mass is 19.1. The minimum atomic E-state index is -0.646. The third-order valence-electron chi connectivity index (χ3n) is 1.41. The molecule has 0 aliphatic carbocycles. The van der Waals surface area contributed by atoms with Crippen molar-refractivity contribution in [2.75, 3.05) is 0 Å². The molecule has 13 heavy (non-hydrogen) atoms. The van der Waals surface area contributed by atoms with Gasteiger partial charge in [0.1, 0.15) is 11.6 Å². The summed E-state index contributed by atoms with van der Waals surface area (Å²) in [5, 5.41) is 8.86. The van der Waals surface area contributed by atoms with Crippen molar-refractivity contribution in [1.82, 2.24) is 0 Å². The maximum absolute atomic E-state index is 12.9. The topological polar surface area (TPSA) is 63.3 Å². The predicted octanol–water partition coefficient (Wildman–Crippen LogP) is 1.03. The molecule has 1 amide bonds. The Morgan fingerprint density at radius 1 is 1.54 bits per heavy atom. The van der Waals surface area contributed by atoms with Gasteiger partial charge in [-0.15, -0.1) is 0 Å². The molecule has 3 N–H and O–H groups in total. The second kappa shape index (κ2) is 3.71. The Hall–Kier alpha value is -1.84. The molecular weight excluding hydrogens is 173 g/mol. The summed E-state index contributed by atoms with van der Waals surface area (Å²) in [5.74, 6) is -1.40. The Labute approximate surface area is 74.3 Å². The Kier molecular flexibility index (Phi) is 2.64. The van der Waals surface area contributed by atoms with Gasteiger partial charge in [0.2, 0.25) is 5.91 Å². The van der Waals surface area contributed by atoms with Gasteiger partial charge >= 0.3 is 0 Å². The molecule has 4 heteroatoms. The SMILES string of the molecule is NC(=O)/C=C/c1ccc(O)cc1F. The van der Waals surface area contributed by atoms with Crippen LogP contribution in [0.4, 0.5) is 4.39 Å². The van der Waals surface area contributed by atoms with Gasteiger partial charge in [0, 0.05) is 17.7 Å². The highest BCUT2D eigenvalue weighted by molar-refractivity contribution is 5.90. The molecule has 0 aliphatic rings. The number of carbonyl (C=O) groups is 1.